The maximum absolute atomic E-state index is 9.79. The maximum atomic E-state index is 9.79. The van der Waals surface area contributed by atoms with E-state index in [1.165, 1.54) is 0 Å². The third-order valence-corrected chi connectivity index (χ3v) is 2.45. The zero-order chi connectivity index (χ0) is 9.47. The monoisotopic (exact) mass is 180 g/mol. The summed E-state index contributed by atoms with van der Waals surface area (Å²) >= 11 is 0. The number of aliphatic hydroxyl groups is 1. The van der Waals surface area contributed by atoms with Gasteiger partial charge in [-0.2, -0.15) is 5.10 Å². The van der Waals surface area contributed by atoms with Gasteiger partial charge in [-0.1, -0.05) is 13.8 Å². The van der Waals surface area contributed by atoms with E-state index in [1.807, 2.05) is 10.9 Å². The Kier molecular flexibility index (Phi) is 1.91. The van der Waals surface area contributed by atoms with Gasteiger partial charge in [-0.3, -0.25) is 4.68 Å². The van der Waals surface area contributed by atoms with Gasteiger partial charge in [0.15, 0.2) is 0 Å². The van der Waals surface area contributed by atoms with Crippen LogP contribution in [0.1, 0.15) is 32.3 Å². The zero-order valence-electron chi connectivity index (χ0n) is 8.20. The van der Waals surface area contributed by atoms with Crippen LogP contribution in [0.4, 0.5) is 0 Å². The van der Waals surface area contributed by atoms with Crippen molar-refractivity contribution in [3.05, 3.63) is 18.0 Å². The van der Waals surface area contributed by atoms with Crippen LogP contribution in [-0.2, 0) is 12.1 Å². The highest BCUT2D eigenvalue weighted by Crippen LogP contribution is 2.44. The van der Waals surface area contributed by atoms with Crippen LogP contribution in [0.3, 0.4) is 0 Å². The predicted molar refractivity (Wildman–Crippen MR) is 50.2 cm³/mol. The molecule has 3 heteroatoms. The van der Waals surface area contributed by atoms with Crippen molar-refractivity contribution < 1.29 is 5.11 Å². The van der Waals surface area contributed by atoms with Gasteiger partial charge in [0.05, 0.1) is 11.8 Å². The number of hydrogen-bond acceptors (Lipinski definition) is 2. The highest BCUT2D eigenvalue weighted by atomic mass is 16.3. The van der Waals surface area contributed by atoms with Crippen molar-refractivity contribution in [2.24, 2.45) is 5.92 Å². The minimum atomic E-state index is -0.533. The Balaban J connectivity index is 2.09. The highest BCUT2D eigenvalue weighted by Gasteiger charge is 2.43. The first-order valence-corrected chi connectivity index (χ1v) is 4.85. The predicted octanol–water partition coefficient (Wildman–Crippen LogP) is 1.52. The second-order valence-corrected chi connectivity index (χ2v) is 4.38. The molecule has 0 radical (unpaired) electrons. The van der Waals surface area contributed by atoms with Crippen molar-refractivity contribution in [2.75, 3.05) is 0 Å². The lowest BCUT2D eigenvalue weighted by atomic mass is 10.2. The molecular weight excluding hydrogens is 164 g/mol. The second-order valence-electron chi connectivity index (χ2n) is 4.38. The summed E-state index contributed by atoms with van der Waals surface area (Å²) in [6.07, 6.45) is 5.53. The molecule has 0 aromatic carbocycles. The third kappa shape index (κ3) is 1.75. The lowest BCUT2D eigenvalue weighted by Crippen LogP contribution is -2.05. The summed E-state index contributed by atoms with van der Waals surface area (Å²) < 4.78 is 1.91. The molecular formula is C10H16N2O. The first-order chi connectivity index (χ1) is 6.10. The number of rotatable bonds is 3. The van der Waals surface area contributed by atoms with Crippen LogP contribution in [0.25, 0.3) is 0 Å². The molecule has 3 nitrogen and oxygen atoms in total. The smallest absolute Gasteiger partial charge is 0.0929 e. The summed E-state index contributed by atoms with van der Waals surface area (Å²) in [4.78, 5) is 0. The number of hydrogen-bond donors (Lipinski definition) is 1. The molecule has 0 aliphatic heterocycles. The van der Waals surface area contributed by atoms with Gasteiger partial charge < -0.3 is 5.11 Å². The first-order valence-electron chi connectivity index (χ1n) is 4.85. The van der Waals surface area contributed by atoms with Crippen molar-refractivity contribution in [3.63, 3.8) is 0 Å². The van der Waals surface area contributed by atoms with Crippen LogP contribution in [0, 0.1) is 5.92 Å². The Bertz CT molecular complexity index is 300. The lowest BCUT2D eigenvalue weighted by Gasteiger charge is -2.04. The fraction of sp³-hybridized carbons (Fsp3) is 0.700. The van der Waals surface area contributed by atoms with Crippen LogP contribution >= 0.6 is 0 Å². The zero-order valence-corrected chi connectivity index (χ0v) is 8.20. The summed E-state index contributed by atoms with van der Waals surface area (Å²) in [6.45, 7) is 5.25. The minimum Gasteiger partial charge on any atom is -0.385 e. The van der Waals surface area contributed by atoms with Gasteiger partial charge in [0, 0.05) is 18.3 Å². The molecule has 1 heterocycles. The second kappa shape index (κ2) is 2.84. The van der Waals surface area contributed by atoms with Crippen LogP contribution < -0.4 is 0 Å². The molecule has 1 N–H and O–H groups in total. The fourth-order valence-electron chi connectivity index (χ4n) is 1.48. The summed E-state index contributed by atoms with van der Waals surface area (Å²) in [5, 5.41) is 14.0. The van der Waals surface area contributed by atoms with E-state index in [4.69, 9.17) is 0 Å². The quantitative estimate of drug-likeness (QED) is 0.765. The van der Waals surface area contributed by atoms with Gasteiger partial charge >= 0.3 is 0 Å². The van der Waals surface area contributed by atoms with Crippen molar-refractivity contribution in [1.29, 1.82) is 0 Å². The normalized spacial score (nSPS) is 19.4. The average molecular weight is 180 g/mol. The molecule has 0 amide bonds. The van der Waals surface area contributed by atoms with Crippen molar-refractivity contribution in [1.82, 2.24) is 9.78 Å². The molecule has 72 valence electrons. The van der Waals surface area contributed by atoms with E-state index in [0.717, 1.165) is 24.9 Å². The summed E-state index contributed by atoms with van der Waals surface area (Å²) in [6, 6.07) is 0. The Hall–Kier alpha value is -0.830. The van der Waals surface area contributed by atoms with Crippen LogP contribution in [0.15, 0.2) is 12.4 Å². The maximum Gasteiger partial charge on any atom is 0.0929 e. The summed E-state index contributed by atoms with van der Waals surface area (Å²) in [7, 11) is 0. The Labute approximate surface area is 78.4 Å². The standard InChI is InChI=1S/C10H16N2O/c1-8(2)6-12-7-9(5-11-12)10(13)3-4-10/h5,7-8,13H,3-4,6H2,1-2H3. The van der Waals surface area contributed by atoms with Crippen LogP contribution in [0.5, 0.6) is 0 Å². The topological polar surface area (TPSA) is 38.0 Å². The molecule has 1 saturated carbocycles. The van der Waals surface area contributed by atoms with E-state index in [2.05, 4.69) is 18.9 Å². The van der Waals surface area contributed by atoms with Gasteiger partial charge in [-0.15, -0.1) is 0 Å². The first kappa shape index (κ1) is 8.75. The van der Waals surface area contributed by atoms with Crippen molar-refractivity contribution in [2.45, 2.75) is 38.8 Å². The van der Waals surface area contributed by atoms with Gasteiger partial charge in [-0.25, -0.2) is 0 Å². The lowest BCUT2D eigenvalue weighted by molar-refractivity contribution is 0.151. The average Bonchev–Trinajstić information content (AvgIpc) is 2.62. The molecule has 0 saturated heterocycles. The van der Waals surface area contributed by atoms with E-state index in [9.17, 15) is 5.11 Å². The molecule has 1 aromatic rings. The molecule has 2 rings (SSSR count). The molecule has 1 aliphatic carbocycles. The highest BCUT2D eigenvalue weighted by molar-refractivity contribution is 5.21. The van der Waals surface area contributed by atoms with Crippen molar-refractivity contribution in [3.8, 4) is 0 Å². The van der Waals surface area contributed by atoms with E-state index >= 15 is 0 Å². The Morgan fingerprint density at radius 3 is 2.85 bits per heavy atom. The molecule has 13 heavy (non-hydrogen) atoms. The van der Waals surface area contributed by atoms with Gasteiger partial charge in [0.25, 0.3) is 0 Å². The third-order valence-electron chi connectivity index (χ3n) is 2.45. The Morgan fingerprint density at radius 2 is 2.31 bits per heavy atom. The number of aromatic nitrogens is 2. The van der Waals surface area contributed by atoms with E-state index in [-0.39, 0.29) is 0 Å². The van der Waals surface area contributed by atoms with E-state index < -0.39 is 5.60 Å². The molecule has 0 atom stereocenters. The molecule has 1 aliphatic rings. The van der Waals surface area contributed by atoms with Crippen LogP contribution in [0.2, 0.25) is 0 Å². The SMILES string of the molecule is CC(C)Cn1cc(C2(O)CC2)cn1. The van der Waals surface area contributed by atoms with E-state index in [1.54, 1.807) is 6.20 Å². The Morgan fingerprint density at radius 1 is 1.62 bits per heavy atom. The van der Waals surface area contributed by atoms with Gasteiger partial charge in [0.1, 0.15) is 0 Å². The van der Waals surface area contributed by atoms with Gasteiger partial charge in [0.2, 0.25) is 0 Å². The fourth-order valence-corrected chi connectivity index (χ4v) is 1.48. The molecule has 0 bridgehead atoms. The minimum absolute atomic E-state index is 0.533. The summed E-state index contributed by atoms with van der Waals surface area (Å²) in [5.41, 5.74) is 0.447. The molecule has 0 spiro atoms. The van der Waals surface area contributed by atoms with Crippen molar-refractivity contribution >= 4 is 0 Å². The molecule has 0 unspecified atom stereocenters. The number of nitrogens with zero attached hydrogens (tertiary/aromatic N) is 2. The van der Waals surface area contributed by atoms with Gasteiger partial charge in [-0.05, 0) is 18.8 Å². The van der Waals surface area contributed by atoms with E-state index in [0.29, 0.717) is 5.92 Å². The molecule has 1 fully saturated rings. The van der Waals surface area contributed by atoms with Crippen LogP contribution in [-0.4, -0.2) is 14.9 Å². The molecule has 1 aromatic heterocycles. The summed E-state index contributed by atoms with van der Waals surface area (Å²) in [5.74, 6) is 0.599. The largest absolute Gasteiger partial charge is 0.385 e.